The monoisotopic (exact) mass is 359 g/mol. The van der Waals surface area contributed by atoms with E-state index in [4.69, 9.17) is 0 Å². The number of likely N-dealkylation sites (N-methyl/N-ethyl adjacent to an activating group) is 2. The molecule has 0 spiro atoms. The van der Waals surface area contributed by atoms with Gasteiger partial charge in [-0.2, -0.15) is 0 Å². The number of thiazole rings is 1. The van der Waals surface area contributed by atoms with E-state index in [9.17, 15) is 4.79 Å². The van der Waals surface area contributed by atoms with Crippen LogP contribution in [-0.2, 0) is 13.0 Å². The molecule has 1 N–H and O–H groups in total. The van der Waals surface area contributed by atoms with Gasteiger partial charge in [-0.3, -0.25) is 4.79 Å². The molecule has 1 aliphatic rings. The number of amides is 1. The number of aryl methyl sites for hydroxylation is 1. The number of rotatable bonds is 6. The summed E-state index contributed by atoms with van der Waals surface area (Å²) in [5, 5.41) is 5.88. The highest BCUT2D eigenvalue weighted by Crippen LogP contribution is 2.19. The fourth-order valence-electron chi connectivity index (χ4n) is 2.99. The number of carbonyl (C=O) groups is 1. The number of carbonyl (C=O) groups excluding carboxylic acids is 1. The number of nitrogens with one attached hydrogen (secondary N) is 1. The van der Waals surface area contributed by atoms with Crippen molar-refractivity contribution in [3.63, 3.8) is 0 Å². The van der Waals surface area contributed by atoms with Crippen molar-refractivity contribution in [3.05, 3.63) is 40.0 Å². The van der Waals surface area contributed by atoms with Crippen molar-refractivity contribution in [3.8, 4) is 0 Å². The molecule has 2 aromatic heterocycles. The van der Waals surface area contributed by atoms with Crippen LogP contribution in [0.1, 0.15) is 34.4 Å². The van der Waals surface area contributed by atoms with E-state index in [0.29, 0.717) is 18.2 Å². The first-order chi connectivity index (χ1) is 12.1. The van der Waals surface area contributed by atoms with Crippen molar-refractivity contribution < 1.29 is 4.79 Å². The summed E-state index contributed by atoms with van der Waals surface area (Å²) in [6.45, 7) is 4.70. The Labute approximate surface area is 152 Å². The quantitative estimate of drug-likeness (QED) is 0.856. The van der Waals surface area contributed by atoms with Crippen molar-refractivity contribution >= 4 is 23.1 Å². The topological polar surface area (TPSA) is 61.4 Å². The number of hydrogen-bond donors (Lipinski definition) is 1. The Balaban J connectivity index is 1.56. The average Bonchev–Trinajstić information content (AvgIpc) is 3.28. The second kappa shape index (κ2) is 7.93. The Bertz CT molecular complexity index is 715. The van der Waals surface area contributed by atoms with E-state index in [2.05, 4.69) is 46.1 Å². The van der Waals surface area contributed by atoms with Crippen LogP contribution < -0.4 is 10.2 Å². The second-order valence-electron chi connectivity index (χ2n) is 6.49. The van der Waals surface area contributed by atoms with E-state index in [-0.39, 0.29) is 5.91 Å². The summed E-state index contributed by atoms with van der Waals surface area (Å²) >= 11 is 1.58. The highest BCUT2D eigenvalue weighted by molar-refractivity contribution is 7.09. The number of aromatic nitrogens is 2. The van der Waals surface area contributed by atoms with Gasteiger partial charge in [-0.1, -0.05) is 6.92 Å². The molecule has 3 rings (SSSR count). The van der Waals surface area contributed by atoms with E-state index in [1.165, 1.54) is 0 Å². The van der Waals surface area contributed by atoms with Gasteiger partial charge in [-0.25, -0.2) is 9.97 Å². The van der Waals surface area contributed by atoms with E-state index in [1.807, 2.05) is 17.5 Å². The molecule has 134 valence electrons. The number of likely N-dealkylation sites (tertiary alicyclic amines) is 1. The zero-order valence-electron chi connectivity index (χ0n) is 15.0. The maximum absolute atomic E-state index is 12.3. The zero-order valence-corrected chi connectivity index (χ0v) is 15.8. The number of pyridine rings is 1. The van der Waals surface area contributed by atoms with Gasteiger partial charge in [-0.15, -0.1) is 11.3 Å². The SMILES string of the molecule is CCc1csc(CNC(=O)c2ccc(N(C)[C@@H]3CCN(C)C3)nc2)n1. The summed E-state index contributed by atoms with van der Waals surface area (Å²) in [5.41, 5.74) is 1.65. The lowest BCUT2D eigenvalue weighted by atomic mass is 10.2. The molecule has 1 aliphatic heterocycles. The standard InChI is InChI=1S/C18H25N5OS/c1-4-14-12-25-17(21-14)10-20-18(24)13-5-6-16(19-9-13)23(3)15-7-8-22(2)11-15/h5-6,9,12,15H,4,7-8,10-11H2,1-3H3,(H,20,24)/t15-/m1/s1. The Morgan fingerprint density at radius 3 is 2.92 bits per heavy atom. The van der Waals surface area contributed by atoms with Gasteiger partial charge in [0.25, 0.3) is 5.91 Å². The summed E-state index contributed by atoms with van der Waals surface area (Å²) < 4.78 is 0. The molecule has 3 heterocycles. The van der Waals surface area contributed by atoms with Gasteiger partial charge in [0.1, 0.15) is 10.8 Å². The molecule has 25 heavy (non-hydrogen) atoms. The molecule has 0 aromatic carbocycles. The Hall–Kier alpha value is -1.99. The smallest absolute Gasteiger partial charge is 0.253 e. The summed E-state index contributed by atoms with van der Waals surface area (Å²) in [4.78, 5) is 25.7. The fraction of sp³-hybridized carbons (Fsp3) is 0.500. The highest BCUT2D eigenvalue weighted by Gasteiger charge is 2.24. The number of nitrogens with zero attached hydrogens (tertiary/aromatic N) is 4. The summed E-state index contributed by atoms with van der Waals surface area (Å²) in [6.07, 6.45) is 3.71. The van der Waals surface area contributed by atoms with E-state index in [0.717, 1.165) is 42.5 Å². The molecule has 0 bridgehead atoms. The highest BCUT2D eigenvalue weighted by atomic mass is 32.1. The normalized spacial score (nSPS) is 17.6. The molecule has 6 nitrogen and oxygen atoms in total. The molecule has 0 radical (unpaired) electrons. The van der Waals surface area contributed by atoms with E-state index >= 15 is 0 Å². The molecule has 0 unspecified atom stereocenters. The first kappa shape index (κ1) is 17.8. The predicted molar refractivity (Wildman–Crippen MR) is 101 cm³/mol. The Morgan fingerprint density at radius 1 is 1.48 bits per heavy atom. The van der Waals surface area contributed by atoms with Crippen molar-refractivity contribution in [2.75, 3.05) is 32.1 Å². The second-order valence-corrected chi connectivity index (χ2v) is 7.43. The summed E-state index contributed by atoms with van der Waals surface area (Å²) in [5.74, 6) is 0.792. The van der Waals surface area contributed by atoms with Gasteiger partial charge in [0.2, 0.25) is 0 Å². The lowest BCUT2D eigenvalue weighted by Gasteiger charge is -2.25. The molecule has 1 atom stereocenters. The van der Waals surface area contributed by atoms with Crippen LogP contribution in [0.3, 0.4) is 0 Å². The lowest BCUT2D eigenvalue weighted by molar-refractivity contribution is 0.0950. The largest absolute Gasteiger partial charge is 0.355 e. The van der Waals surface area contributed by atoms with Crippen LogP contribution in [0.2, 0.25) is 0 Å². The van der Waals surface area contributed by atoms with Crippen LogP contribution in [0.15, 0.2) is 23.7 Å². The fourth-order valence-corrected chi connectivity index (χ4v) is 3.81. The Morgan fingerprint density at radius 2 is 2.32 bits per heavy atom. The maximum atomic E-state index is 12.3. The van der Waals surface area contributed by atoms with Gasteiger partial charge >= 0.3 is 0 Å². The first-order valence-corrected chi connectivity index (χ1v) is 9.53. The molecule has 1 amide bonds. The molecule has 0 aliphatic carbocycles. The molecule has 2 aromatic rings. The molecule has 1 saturated heterocycles. The van der Waals surface area contributed by atoms with Crippen LogP contribution in [0.4, 0.5) is 5.82 Å². The van der Waals surface area contributed by atoms with Gasteiger partial charge < -0.3 is 15.1 Å². The van der Waals surface area contributed by atoms with Crippen LogP contribution in [0.5, 0.6) is 0 Å². The molecule has 1 fully saturated rings. The molecule has 7 heteroatoms. The summed E-state index contributed by atoms with van der Waals surface area (Å²) in [7, 11) is 4.21. The van der Waals surface area contributed by atoms with Crippen molar-refractivity contribution in [2.45, 2.75) is 32.4 Å². The van der Waals surface area contributed by atoms with Crippen LogP contribution in [0.25, 0.3) is 0 Å². The third-order valence-corrected chi connectivity index (χ3v) is 5.54. The van der Waals surface area contributed by atoms with Crippen molar-refractivity contribution in [1.82, 2.24) is 20.2 Å². The molecule has 0 saturated carbocycles. The van der Waals surface area contributed by atoms with E-state index < -0.39 is 0 Å². The Kier molecular flexibility index (Phi) is 5.65. The van der Waals surface area contributed by atoms with Gasteiger partial charge in [0.15, 0.2) is 0 Å². The third-order valence-electron chi connectivity index (χ3n) is 4.65. The summed E-state index contributed by atoms with van der Waals surface area (Å²) in [6, 6.07) is 4.24. The third kappa shape index (κ3) is 4.35. The maximum Gasteiger partial charge on any atom is 0.253 e. The van der Waals surface area contributed by atoms with Crippen molar-refractivity contribution in [1.29, 1.82) is 0 Å². The van der Waals surface area contributed by atoms with Gasteiger partial charge in [0.05, 0.1) is 17.8 Å². The molecular formula is C18H25N5OS. The number of anilines is 1. The minimum Gasteiger partial charge on any atom is -0.355 e. The minimum absolute atomic E-state index is 0.115. The van der Waals surface area contributed by atoms with Gasteiger partial charge in [-0.05, 0) is 38.6 Å². The van der Waals surface area contributed by atoms with Crippen LogP contribution >= 0.6 is 11.3 Å². The lowest BCUT2D eigenvalue weighted by Crippen LogP contribution is -2.34. The van der Waals surface area contributed by atoms with Crippen LogP contribution in [-0.4, -0.2) is 54.0 Å². The predicted octanol–water partition coefficient (Wildman–Crippen LogP) is 2.17. The van der Waals surface area contributed by atoms with Gasteiger partial charge in [0, 0.05) is 31.2 Å². The van der Waals surface area contributed by atoms with Crippen molar-refractivity contribution in [2.24, 2.45) is 0 Å². The van der Waals surface area contributed by atoms with E-state index in [1.54, 1.807) is 17.5 Å². The number of hydrogen-bond acceptors (Lipinski definition) is 6. The minimum atomic E-state index is -0.115. The molecular weight excluding hydrogens is 334 g/mol. The average molecular weight is 359 g/mol. The first-order valence-electron chi connectivity index (χ1n) is 8.65. The zero-order chi connectivity index (χ0) is 17.8. The van der Waals surface area contributed by atoms with Crippen LogP contribution in [0, 0.1) is 0 Å².